The van der Waals surface area contributed by atoms with Crippen molar-refractivity contribution < 1.29 is 4.79 Å². The van der Waals surface area contributed by atoms with Crippen LogP contribution in [0.2, 0.25) is 0 Å². The van der Waals surface area contributed by atoms with Gasteiger partial charge in [0.15, 0.2) is 5.78 Å². The van der Waals surface area contributed by atoms with Gasteiger partial charge in [-0.3, -0.25) is 4.79 Å². The van der Waals surface area contributed by atoms with Crippen molar-refractivity contribution in [1.29, 1.82) is 0 Å². The number of azo groups is 1. The van der Waals surface area contributed by atoms with E-state index >= 15 is 0 Å². The van der Waals surface area contributed by atoms with Crippen LogP contribution in [-0.4, -0.2) is 5.78 Å². The fourth-order valence-corrected chi connectivity index (χ4v) is 3.75. The van der Waals surface area contributed by atoms with Crippen LogP contribution in [0.4, 0.5) is 5.69 Å². The van der Waals surface area contributed by atoms with Gasteiger partial charge in [-0.05, 0) is 54.2 Å². The van der Waals surface area contributed by atoms with E-state index in [0.29, 0.717) is 0 Å². The number of hydrogen-bond donors (Lipinski definition) is 0. The Morgan fingerprint density at radius 3 is 1.75 bits per heavy atom. The molecule has 3 nitrogen and oxygen atoms in total. The zero-order chi connectivity index (χ0) is 23.7. The molecule has 1 aliphatic rings. The summed E-state index contributed by atoms with van der Waals surface area (Å²) in [7, 11) is 0. The maximum absolute atomic E-state index is 13.4. The van der Waals surface area contributed by atoms with Crippen LogP contribution in [0, 0.1) is 17.8 Å². The molecule has 0 fully saturated rings. The molecule has 0 atom stereocenters. The third kappa shape index (κ3) is 5.60. The number of benzene rings is 2. The summed E-state index contributed by atoms with van der Waals surface area (Å²) in [6.45, 7) is 14.5. The second kappa shape index (κ2) is 9.11. The predicted molar refractivity (Wildman–Crippen MR) is 137 cm³/mol. The van der Waals surface area contributed by atoms with Crippen LogP contribution in [0.3, 0.4) is 0 Å². The van der Waals surface area contributed by atoms with Gasteiger partial charge in [-0.15, -0.1) is 5.11 Å². The van der Waals surface area contributed by atoms with Gasteiger partial charge in [0.05, 0.1) is 5.69 Å². The maximum Gasteiger partial charge on any atom is 0.186 e. The fourth-order valence-electron chi connectivity index (χ4n) is 3.49. The number of hydrogen-bond acceptors (Lipinski definition) is 3. The lowest BCUT2D eigenvalue weighted by molar-refractivity contribution is -0.114. The normalized spacial score (nSPS) is 15.1. The Bertz CT molecular complexity index is 1100. The molecule has 0 saturated carbocycles. The Morgan fingerprint density at radius 1 is 0.781 bits per heavy atom. The molecule has 166 valence electrons. The lowest BCUT2D eigenvalue weighted by Gasteiger charge is -2.31. The van der Waals surface area contributed by atoms with Gasteiger partial charge < -0.3 is 0 Å². The van der Waals surface area contributed by atoms with Gasteiger partial charge in [0.25, 0.3) is 0 Å². The summed E-state index contributed by atoms with van der Waals surface area (Å²) in [4.78, 5) is 13.4. The first-order valence-electron chi connectivity index (χ1n) is 10.8. The van der Waals surface area contributed by atoms with Crippen molar-refractivity contribution in [3.63, 3.8) is 0 Å². The average molecular weight is 491 g/mol. The van der Waals surface area contributed by atoms with Crippen LogP contribution >= 0.6 is 15.9 Å². The molecule has 0 radical (unpaired) electrons. The molecule has 0 N–H and O–H groups in total. The summed E-state index contributed by atoms with van der Waals surface area (Å²) in [5, 5.41) is 9.21. The van der Waals surface area contributed by atoms with Crippen molar-refractivity contribution in [3.05, 3.63) is 93.0 Å². The quantitative estimate of drug-likeness (QED) is 0.396. The van der Waals surface area contributed by atoms with Gasteiger partial charge in [-0.1, -0.05) is 87.3 Å². The Kier molecular flexibility index (Phi) is 6.85. The van der Waals surface area contributed by atoms with Crippen molar-refractivity contribution >= 4 is 33.1 Å². The number of aryl methyl sites for hydroxylation is 1. The second-order valence-corrected chi connectivity index (χ2v) is 11.2. The Balaban J connectivity index is 2.27. The number of halogens is 1. The van der Waals surface area contributed by atoms with Gasteiger partial charge in [-0.25, -0.2) is 0 Å². The topological polar surface area (TPSA) is 41.8 Å². The number of rotatable bonds is 3. The smallest absolute Gasteiger partial charge is 0.186 e. The molecule has 0 spiro atoms. The third-order valence-electron chi connectivity index (χ3n) is 5.40. The van der Waals surface area contributed by atoms with Crippen LogP contribution < -0.4 is 0 Å². The van der Waals surface area contributed by atoms with E-state index in [4.69, 9.17) is 5.11 Å². The minimum atomic E-state index is -0.283. The lowest BCUT2D eigenvalue weighted by Crippen LogP contribution is -2.28. The van der Waals surface area contributed by atoms with E-state index in [9.17, 15) is 4.79 Å². The molecular weight excluding hydrogens is 460 g/mol. The molecule has 0 unspecified atom stereocenters. The van der Waals surface area contributed by atoms with Crippen LogP contribution in [0.25, 0.3) is 5.70 Å². The van der Waals surface area contributed by atoms with E-state index in [1.165, 1.54) is 5.56 Å². The van der Waals surface area contributed by atoms with E-state index in [0.717, 1.165) is 38.1 Å². The minimum Gasteiger partial charge on any atom is -0.289 e. The van der Waals surface area contributed by atoms with Gasteiger partial charge in [0.2, 0.25) is 0 Å². The highest BCUT2D eigenvalue weighted by atomic mass is 79.9. The summed E-state index contributed by atoms with van der Waals surface area (Å²) < 4.78 is 0.995. The molecule has 32 heavy (non-hydrogen) atoms. The molecule has 3 rings (SSSR count). The maximum atomic E-state index is 13.4. The minimum absolute atomic E-state index is 0.113. The highest BCUT2D eigenvalue weighted by Gasteiger charge is 2.34. The fraction of sp³-hybridized carbons (Fsp3) is 0.321. The monoisotopic (exact) mass is 490 g/mol. The van der Waals surface area contributed by atoms with E-state index in [-0.39, 0.29) is 16.6 Å². The molecule has 0 bridgehead atoms. The number of Topliss-reactive ketones (excluding diaryl/α,β-unsaturated/α-hetero) is 1. The van der Waals surface area contributed by atoms with Crippen molar-refractivity contribution in [1.82, 2.24) is 0 Å². The summed E-state index contributed by atoms with van der Waals surface area (Å²) in [6.07, 6.45) is 3.99. The zero-order valence-corrected chi connectivity index (χ0v) is 21.5. The Morgan fingerprint density at radius 2 is 1.28 bits per heavy atom. The zero-order valence-electron chi connectivity index (χ0n) is 20.0. The first-order chi connectivity index (χ1) is 14.9. The van der Waals surface area contributed by atoms with Crippen molar-refractivity contribution in [3.8, 4) is 0 Å². The van der Waals surface area contributed by atoms with E-state index in [2.05, 4.69) is 93.8 Å². The lowest BCUT2D eigenvalue weighted by atomic mass is 9.71. The van der Waals surface area contributed by atoms with Crippen LogP contribution in [-0.2, 0) is 4.79 Å². The molecule has 1 aliphatic carbocycles. The summed E-state index contributed by atoms with van der Waals surface area (Å²) in [5.41, 5.74) is 5.60. The summed E-state index contributed by atoms with van der Waals surface area (Å²) in [5.74, 6) is 0.113. The standard InChI is InChI=1S/C28H31BrN2O/c1-18-8-10-19(11-9-18)25(31-30-22-14-12-21(29)13-15-22)20-16-23(27(2,3)4)26(32)24(17-20)28(5,6)7/h8-17H,1-7H3. The van der Waals surface area contributed by atoms with Crippen molar-refractivity contribution in [2.75, 3.05) is 0 Å². The highest BCUT2D eigenvalue weighted by Crippen LogP contribution is 2.41. The third-order valence-corrected chi connectivity index (χ3v) is 5.92. The molecule has 0 aromatic heterocycles. The predicted octanol–water partition coefficient (Wildman–Crippen LogP) is 8.78. The molecule has 0 saturated heterocycles. The molecule has 4 heteroatoms. The molecule has 0 heterocycles. The van der Waals surface area contributed by atoms with Gasteiger partial charge in [0.1, 0.15) is 5.70 Å². The summed E-state index contributed by atoms with van der Waals surface area (Å²) >= 11 is 3.46. The molecule has 2 aromatic carbocycles. The van der Waals surface area contributed by atoms with E-state index < -0.39 is 0 Å². The summed E-state index contributed by atoms with van der Waals surface area (Å²) in [6, 6.07) is 16.0. The highest BCUT2D eigenvalue weighted by molar-refractivity contribution is 9.10. The molecule has 0 aliphatic heterocycles. The number of carbonyl (C=O) groups is 1. The number of allylic oxidation sites excluding steroid dienone is 5. The van der Waals surface area contributed by atoms with Crippen molar-refractivity contribution in [2.45, 2.75) is 48.5 Å². The molecule has 2 aromatic rings. The Labute approximate surface area is 200 Å². The number of nitrogens with zero attached hydrogens (tertiary/aromatic N) is 2. The molecular formula is C28H31BrN2O. The van der Waals surface area contributed by atoms with Crippen LogP contribution in [0.5, 0.6) is 0 Å². The van der Waals surface area contributed by atoms with Gasteiger partial charge >= 0.3 is 0 Å². The van der Waals surface area contributed by atoms with Crippen LogP contribution in [0.1, 0.15) is 52.7 Å². The van der Waals surface area contributed by atoms with E-state index in [1.807, 2.05) is 36.4 Å². The number of ketones is 1. The van der Waals surface area contributed by atoms with Gasteiger partial charge in [0, 0.05) is 26.8 Å². The average Bonchev–Trinajstić information content (AvgIpc) is 2.70. The second-order valence-electron chi connectivity index (χ2n) is 10.3. The molecule has 0 amide bonds. The van der Waals surface area contributed by atoms with Gasteiger partial charge in [-0.2, -0.15) is 5.11 Å². The Hall–Kier alpha value is -2.59. The number of carbonyl (C=O) groups excluding carboxylic acids is 1. The first-order valence-corrected chi connectivity index (χ1v) is 11.6. The van der Waals surface area contributed by atoms with E-state index in [1.54, 1.807) is 0 Å². The first kappa shape index (κ1) is 24.1. The SMILES string of the molecule is Cc1ccc(C(N=Nc2ccc(Br)cc2)=C2C=C(C(C)(C)C)C(=O)C(C(C)(C)C)=C2)cc1. The van der Waals surface area contributed by atoms with Crippen LogP contribution in [0.15, 0.2) is 92.1 Å². The largest absolute Gasteiger partial charge is 0.289 e. The van der Waals surface area contributed by atoms with Crippen molar-refractivity contribution in [2.24, 2.45) is 21.1 Å².